The van der Waals surface area contributed by atoms with Gasteiger partial charge in [0.15, 0.2) is 5.75 Å². The molecular formula is C9H14N2O2. The summed E-state index contributed by atoms with van der Waals surface area (Å²) in [5, 5.41) is 0. The number of pyridine rings is 1. The van der Waals surface area contributed by atoms with Crippen molar-refractivity contribution in [2.45, 2.75) is 13.0 Å². The predicted octanol–water partition coefficient (Wildman–Crippen LogP) is 0.206. The minimum Gasteiger partial charge on any atom is -0.491 e. The van der Waals surface area contributed by atoms with E-state index in [4.69, 9.17) is 10.5 Å². The van der Waals surface area contributed by atoms with Gasteiger partial charge in [-0.25, -0.2) is 0 Å². The van der Waals surface area contributed by atoms with Gasteiger partial charge in [0.05, 0.1) is 7.11 Å². The minimum atomic E-state index is -0.0987. The molecule has 0 unspecified atom stereocenters. The third-order valence-corrected chi connectivity index (χ3v) is 1.81. The summed E-state index contributed by atoms with van der Waals surface area (Å²) >= 11 is 0. The second kappa shape index (κ2) is 4.67. The Kier molecular flexibility index (Phi) is 3.52. The van der Waals surface area contributed by atoms with Crippen LogP contribution in [0.25, 0.3) is 0 Å². The van der Waals surface area contributed by atoms with E-state index in [1.54, 1.807) is 22.9 Å². The number of rotatable bonds is 4. The molecule has 0 atom stereocenters. The zero-order chi connectivity index (χ0) is 9.68. The van der Waals surface area contributed by atoms with E-state index in [0.717, 1.165) is 6.42 Å². The molecule has 4 nitrogen and oxygen atoms in total. The first kappa shape index (κ1) is 9.80. The van der Waals surface area contributed by atoms with E-state index in [2.05, 4.69) is 0 Å². The Morgan fingerprint density at radius 1 is 1.62 bits per heavy atom. The van der Waals surface area contributed by atoms with Gasteiger partial charge in [-0.2, -0.15) is 0 Å². The van der Waals surface area contributed by atoms with E-state index < -0.39 is 0 Å². The van der Waals surface area contributed by atoms with Crippen molar-refractivity contribution in [3.8, 4) is 5.75 Å². The maximum Gasteiger partial charge on any atom is 0.292 e. The minimum absolute atomic E-state index is 0.0987. The van der Waals surface area contributed by atoms with E-state index in [1.165, 1.54) is 7.11 Å². The Hall–Kier alpha value is -1.29. The zero-order valence-electron chi connectivity index (χ0n) is 7.69. The van der Waals surface area contributed by atoms with Gasteiger partial charge in [0, 0.05) is 12.7 Å². The maximum absolute atomic E-state index is 11.5. The van der Waals surface area contributed by atoms with Gasteiger partial charge in [0.25, 0.3) is 5.56 Å². The highest BCUT2D eigenvalue weighted by Gasteiger charge is 2.00. The van der Waals surface area contributed by atoms with Crippen LogP contribution in [-0.2, 0) is 6.54 Å². The first-order valence-electron chi connectivity index (χ1n) is 4.23. The highest BCUT2D eigenvalue weighted by molar-refractivity contribution is 5.16. The molecule has 0 aromatic carbocycles. The lowest BCUT2D eigenvalue weighted by molar-refractivity contribution is 0.402. The van der Waals surface area contributed by atoms with Crippen LogP contribution in [0.5, 0.6) is 5.75 Å². The zero-order valence-corrected chi connectivity index (χ0v) is 7.69. The number of aromatic nitrogens is 1. The van der Waals surface area contributed by atoms with E-state index >= 15 is 0 Å². The van der Waals surface area contributed by atoms with Crippen LogP contribution in [0.4, 0.5) is 0 Å². The molecule has 0 aliphatic carbocycles. The number of nitrogens with zero attached hydrogens (tertiary/aromatic N) is 1. The van der Waals surface area contributed by atoms with Gasteiger partial charge in [0.1, 0.15) is 0 Å². The van der Waals surface area contributed by atoms with Crippen molar-refractivity contribution in [1.82, 2.24) is 4.57 Å². The molecule has 0 spiro atoms. The quantitative estimate of drug-likeness (QED) is 0.724. The summed E-state index contributed by atoms with van der Waals surface area (Å²) in [6.07, 6.45) is 2.54. The van der Waals surface area contributed by atoms with Gasteiger partial charge in [-0.3, -0.25) is 4.79 Å². The van der Waals surface area contributed by atoms with Crippen molar-refractivity contribution >= 4 is 0 Å². The maximum atomic E-state index is 11.5. The first-order valence-corrected chi connectivity index (χ1v) is 4.23. The van der Waals surface area contributed by atoms with Crippen LogP contribution in [0.1, 0.15) is 6.42 Å². The van der Waals surface area contributed by atoms with Crippen molar-refractivity contribution in [1.29, 1.82) is 0 Å². The van der Waals surface area contributed by atoms with Gasteiger partial charge in [-0.15, -0.1) is 0 Å². The molecule has 0 saturated heterocycles. The van der Waals surface area contributed by atoms with Crippen molar-refractivity contribution in [2.75, 3.05) is 13.7 Å². The Morgan fingerprint density at radius 3 is 3.00 bits per heavy atom. The predicted molar refractivity (Wildman–Crippen MR) is 50.9 cm³/mol. The van der Waals surface area contributed by atoms with Gasteiger partial charge in [-0.1, -0.05) is 0 Å². The average molecular weight is 182 g/mol. The number of aryl methyl sites for hydroxylation is 1. The molecule has 1 rings (SSSR count). The van der Waals surface area contributed by atoms with Crippen molar-refractivity contribution in [3.63, 3.8) is 0 Å². The topological polar surface area (TPSA) is 57.2 Å². The lowest BCUT2D eigenvalue weighted by Crippen LogP contribution is -2.21. The van der Waals surface area contributed by atoms with Crippen LogP contribution in [0.3, 0.4) is 0 Å². The van der Waals surface area contributed by atoms with E-state index in [9.17, 15) is 4.79 Å². The summed E-state index contributed by atoms with van der Waals surface area (Å²) in [5.74, 6) is 0.375. The van der Waals surface area contributed by atoms with Gasteiger partial charge in [0.2, 0.25) is 0 Å². The fourth-order valence-corrected chi connectivity index (χ4v) is 1.11. The summed E-state index contributed by atoms with van der Waals surface area (Å²) in [5.41, 5.74) is 5.25. The molecule has 0 bridgehead atoms. The largest absolute Gasteiger partial charge is 0.491 e. The molecule has 0 aliphatic rings. The number of hydrogen-bond acceptors (Lipinski definition) is 3. The van der Waals surface area contributed by atoms with Crippen molar-refractivity contribution in [3.05, 3.63) is 28.7 Å². The Morgan fingerprint density at radius 2 is 2.38 bits per heavy atom. The number of ether oxygens (including phenoxy) is 1. The number of methoxy groups -OCH3 is 1. The van der Waals surface area contributed by atoms with Crippen LogP contribution in [0.2, 0.25) is 0 Å². The molecule has 0 radical (unpaired) electrons. The highest BCUT2D eigenvalue weighted by Crippen LogP contribution is 2.00. The fourth-order valence-electron chi connectivity index (χ4n) is 1.11. The summed E-state index contributed by atoms with van der Waals surface area (Å²) in [6, 6.07) is 3.44. The summed E-state index contributed by atoms with van der Waals surface area (Å²) in [7, 11) is 1.49. The Balaban J connectivity index is 2.88. The van der Waals surface area contributed by atoms with Crippen LogP contribution in [0.15, 0.2) is 23.1 Å². The second-order valence-corrected chi connectivity index (χ2v) is 2.72. The van der Waals surface area contributed by atoms with Crippen LogP contribution >= 0.6 is 0 Å². The van der Waals surface area contributed by atoms with E-state index in [1.807, 2.05) is 0 Å². The van der Waals surface area contributed by atoms with Crippen LogP contribution in [0, 0.1) is 0 Å². The Labute approximate surface area is 76.9 Å². The fraction of sp³-hybridized carbons (Fsp3) is 0.444. The lowest BCUT2D eigenvalue weighted by Gasteiger charge is -2.05. The van der Waals surface area contributed by atoms with Crippen molar-refractivity contribution in [2.24, 2.45) is 5.73 Å². The average Bonchev–Trinajstić information content (AvgIpc) is 2.16. The summed E-state index contributed by atoms with van der Waals surface area (Å²) in [4.78, 5) is 11.5. The molecule has 0 fully saturated rings. The molecule has 72 valence electrons. The van der Waals surface area contributed by atoms with E-state index in [0.29, 0.717) is 18.8 Å². The number of hydrogen-bond donors (Lipinski definition) is 1. The molecule has 1 aromatic rings. The van der Waals surface area contributed by atoms with E-state index in [-0.39, 0.29) is 5.56 Å². The molecule has 4 heteroatoms. The molecule has 1 aromatic heterocycles. The standard InChI is InChI=1S/C9H14N2O2/c1-13-8-4-2-6-11(9(8)12)7-3-5-10/h2,4,6H,3,5,7,10H2,1H3. The van der Waals surface area contributed by atoms with Crippen molar-refractivity contribution < 1.29 is 4.74 Å². The third-order valence-electron chi connectivity index (χ3n) is 1.81. The van der Waals surface area contributed by atoms with Crippen LogP contribution < -0.4 is 16.0 Å². The molecule has 2 N–H and O–H groups in total. The third kappa shape index (κ3) is 2.32. The first-order chi connectivity index (χ1) is 6.29. The van der Waals surface area contributed by atoms with Gasteiger partial charge < -0.3 is 15.0 Å². The SMILES string of the molecule is COc1cccn(CCCN)c1=O. The molecule has 1 heterocycles. The summed E-state index contributed by atoms with van der Waals surface area (Å²) < 4.78 is 6.50. The smallest absolute Gasteiger partial charge is 0.292 e. The molecule has 13 heavy (non-hydrogen) atoms. The number of nitrogens with two attached hydrogens (primary N) is 1. The molecule has 0 saturated carbocycles. The lowest BCUT2D eigenvalue weighted by atomic mass is 10.4. The van der Waals surface area contributed by atoms with Gasteiger partial charge in [-0.05, 0) is 25.1 Å². The molecule has 0 amide bonds. The molecular weight excluding hydrogens is 168 g/mol. The van der Waals surface area contributed by atoms with Gasteiger partial charge >= 0.3 is 0 Å². The summed E-state index contributed by atoms with van der Waals surface area (Å²) in [6.45, 7) is 1.23. The molecule has 0 aliphatic heterocycles. The highest BCUT2D eigenvalue weighted by atomic mass is 16.5. The Bertz CT molecular complexity index is 320. The normalized spacial score (nSPS) is 10.0. The second-order valence-electron chi connectivity index (χ2n) is 2.72. The monoisotopic (exact) mass is 182 g/mol. The van der Waals surface area contributed by atoms with Crippen LogP contribution in [-0.4, -0.2) is 18.2 Å².